The van der Waals surface area contributed by atoms with Crippen molar-refractivity contribution >= 4 is 27.5 Å². The monoisotopic (exact) mass is 462 g/mol. The number of nitrogens with one attached hydrogen (secondary N) is 2. The lowest BCUT2D eigenvalue weighted by atomic mass is 9.81. The number of halogens is 1. The first-order chi connectivity index (χ1) is 14.7. The number of sulfonamides is 1. The maximum atomic E-state index is 12.9. The van der Waals surface area contributed by atoms with E-state index >= 15 is 0 Å². The molecule has 31 heavy (non-hydrogen) atoms. The summed E-state index contributed by atoms with van der Waals surface area (Å²) in [4.78, 5) is 12.9. The van der Waals surface area contributed by atoms with Crippen LogP contribution in [0.2, 0.25) is 5.02 Å². The van der Waals surface area contributed by atoms with Crippen molar-refractivity contribution in [2.24, 2.45) is 11.8 Å². The highest BCUT2D eigenvalue weighted by atomic mass is 35.5. The highest BCUT2D eigenvalue weighted by Crippen LogP contribution is 2.29. The van der Waals surface area contributed by atoms with Crippen molar-refractivity contribution in [2.75, 3.05) is 6.54 Å². The van der Waals surface area contributed by atoms with E-state index in [9.17, 15) is 13.2 Å². The third-order valence-corrected chi connectivity index (χ3v) is 8.16. The summed E-state index contributed by atoms with van der Waals surface area (Å²) < 4.78 is 28.5. The third kappa shape index (κ3) is 6.09. The smallest absolute Gasteiger partial charge is 0.241 e. The second-order valence-corrected chi connectivity index (χ2v) is 10.7. The maximum Gasteiger partial charge on any atom is 0.241 e. The molecule has 0 saturated heterocycles. The molecule has 3 rings (SSSR count). The fourth-order valence-electron chi connectivity index (χ4n) is 4.49. The predicted octanol–water partition coefficient (Wildman–Crippen LogP) is 4.67. The van der Waals surface area contributed by atoms with Gasteiger partial charge in [0, 0.05) is 24.0 Å². The first kappa shape index (κ1) is 23.8. The summed E-state index contributed by atoms with van der Waals surface area (Å²) in [6.07, 6.45) is 3.20. The Morgan fingerprint density at radius 2 is 1.65 bits per heavy atom. The van der Waals surface area contributed by atoms with E-state index in [2.05, 4.69) is 10.0 Å². The number of carbonyl (C=O) groups is 1. The molecule has 1 aliphatic carbocycles. The summed E-state index contributed by atoms with van der Waals surface area (Å²) in [5.74, 6) is 0.259. The zero-order valence-electron chi connectivity index (χ0n) is 18.4. The van der Waals surface area contributed by atoms with E-state index in [1.54, 1.807) is 0 Å². The standard InChI is InChI=1S/C24H31ClN2O3S/c1-16-12-17(2)23(18(3)13-16)31(29,30)27-14-19-8-10-20(11-9-19)24(28)26-15-21-6-4-5-7-22(21)25/h4-7,12-13,19-20,27H,8-11,14-15H2,1-3H3,(H,26,28). The highest BCUT2D eigenvalue weighted by Gasteiger charge is 2.28. The molecule has 5 nitrogen and oxygen atoms in total. The normalized spacial score (nSPS) is 19.2. The number of aryl methyl sites for hydroxylation is 3. The number of carbonyl (C=O) groups excluding carboxylic acids is 1. The van der Waals surface area contributed by atoms with Crippen molar-refractivity contribution in [3.8, 4) is 0 Å². The van der Waals surface area contributed by atoms with Crippen LogP contribution in [0.25, 0.3) is 0 Å². The summed E-state index contributed by atoms with van der Waals surface area (Å²) in [7, 11) is -3.55. The van der Waals surface area contributed by atoms with Crippen molar-refractivity contribution < 1.29 is 13.2 Å². The predicted molar refractivity (Wildman–Crippen MR) is 125 cm³/mol. The van der Waals surface area contributed by atoms with Crippen LogP contribution in [0.1, 0.15) is 47.9 Å². The van der Waals surface area contributed by atoms with Crippen molar-refractivity contribution in [1.82, 2.24) is 10.0 Å². The van der Waals surface area contributed by atoms with Gasteiger partial charge in [-0.25, -0.2) is 13.1 Å². The largest absolute Gasteiger partial charge is 0.352 e. The molecule has 7 heteroatoms. The summed E-state index contributed by atoms with van der Waals surface area (Å²) in [6.45, 7) is 6.46. The van der Waals surface area contributed by atoms with Gasteiger partial charge < -0.3 is 5.32 Å². The van der Waals surface area contributed by atoms with Crippen LogP contribution in [0.3, 0.4) is 0 Å². The summed E-state index contributed by atoms with van der Waals surface area (Å²) in [5.41, 5.74) is 3.50. The lowest BCUT2D eigenvalue weighted by Gasteiger charge is -2.28. The molecule has 0 atom stereocenters. The van der Waals surface area contributed by atoms with Gasteiger partial charge in [-0.2, -0.15) is 0 Å². The molecule has 0 spiro atoms. The molecule has 1 amide bonds. The van der Waals surface area contributed by atoms with Crippen LogP contribution in [-0.2, 0) is 21.4 Å². The van der Waals surface area contributed by atoms with Crippen LogP contribution in [0.5, 0.6) is 0 Å². The van der Waals surface area contributed by atoms with E-state index in [0.29, 0.717) is 23.0 Å². The maximum absolute atomic E-state index is 12.9. The zero-order chi connectivity index (χ0) is 22.6. The molecule has 2 N–H and O–H groups in total. The van der Waals surface area contributed by atoms with Crippen LogP contribution in [0.15, 0.2) is 41.3 Å². The van der Waals surface area contributed by atoms with Crippen molar-refractivity contribution in [3.05, 3.63) is 63.7 Å². The average molecular weight is 463 g/mol. The van der Waals surface area contributed by atoms with Gasteiger partial charge in [0.25, 0.3) is 0 Å². The second-order valence-electron chi connectivity index (χ2n) is 8.61. The molecule has 0 unspecified atom stereocenters. The van der Waals surface area contributed by atoms with Crippen LogP contribution in [0, 0.1) is 32.6 Å². The van der Waals surface area contributed by atoms with Gasteiger partial charge in [-0.15, -0.1) is 0 Å². The van der Waals surface area contributed by atoms with E-state index < -0.39 is 10.0 Å². The zero-order valence-corrected chi connectivity index (χ0v) is 19.9. The molecule has 0 aromatic heterocycles. The molecule has 0 aliphatic heterocycles. The first-order valence-corrected chi connectivity index (χ1v) is 12.6. The van der Waals surface area contributed by atoms with E-state index in [0.717, 1.165) is 47.9 Å². The molecule has 1 saturated carbocycles. The molecule has 0 bridgehead atoms. The Kier molecular flexibility index (Phi) is 7.78. The molecular weight excluding hydrogens is 432 g/mol. The van der Waals surface area contributed by atoms with Gasteiger partial charge in [0.2, 0.25) is 15.9 Å². The van der Waals surface area contributed by atoms with Gasteiger partial charge in [0.05, 0.1) is 4.90 Å². The molecule has 1 aliphatic rings. The Morgan fingerprint density at radius 3 is 2.26 bits per heavy atom. The Labute approximate surface area is 190 Å². The van der Waals surface area contributed by atoms with E-state index in [4.69, 9.17) is 11.6 Å². The molecule has 0 radical (unpaired) electrons. The van der Waals surface area contributed by atoms with Crippen LogP contribution >= 0.6 is 11.6 Å². The van der Waals surface area contributed by atoms with Gasteiger partial charge in [0.15, 0.2) is 0 Å². The van der Waals surface area contributed by atoms with Crippen LogP contribution < -0.4 is 10.0 Å². The number of hydrogen-bond acceptors (Lipinski definition) is 3. The summed E-state index contributed by atoms with van der Waals surface area (Å²) >= 11 is 6.15. The van der Waals surface area contributed by atoms with E-state index in [1.807, 2.05) is 57.2 Å². The molecule has 168 valence electrons. The van der Waals surface area contributed by atoms with Crippen LogP contribution in [-0.4, -0.2) is 20.9 Å². The lowest BCUT2D eigenvalue weighted by molar-refractivity contribution is -0.126. The summed E-state index contributed by atoms with van der Waals surface area (Å²) in [6, 6.07) is 11.3. The fourth-order valence-corrected chi connectivity index (χ4v) is 6.26. The number of hydrogen-bond donors (Lipinski definition) is 2. The summed E-state index contributed by atoms with van der Waals surface area (Å²) in [5, 5.41) is 3.63. The minimum absolute atomic E-state index is 0.0306. The molecule has 2 aromatic rings. The van der Waals surface area contributed by atoms with Gasteiger partial charge >= 0.3 is 0 Å². The van der Waals surface area contributed by atoms with E-state index in [1.165, 1.54) is 0 Å². The number of benzene rings is 2. The number of amides is 1. The second kappa shape index (κ2) is 10.2. The van der Waals surface area contributed by atoms with Gasteiger partial charge in [-0.3, -0.25) is 4.79 Å². The average Bonchev–Trinajstić information content (AvgIpc) is 2.71. The van der Waals surface area contributed by atoms with Gasteiger partial charge in [-0.1, -0.05) is 47.5 Å². The van der Waals surface area contributed by atoms with Crippen LogP contribution in [0.4, 0.5) is 0 Å². The molecule has 2 aromatic carbocycles. The fraction of sp³-hybridized carbons (Fsp3) is 0.458. The first-order valence-electron chi connectivity index (χ1n) is 10.8. The van der Waals surface area contributed by atoms with Crippen molar-refractivity contribution in [3.63, 3.8) is 0 Å². The lowest BCUT2D eigenvalue weighted by Crippen LogP contribution is -2.36. The minimum atomic E-state index is -3.55. The molecular formula is C24H31ClN2O3S. The Hall–Kier alpha value is -1.89. The Balaban J connectivity index is 1.49. The quantitative estimate of drug-likeness (QED) is 0.628. The minimum Gasteiger partial charge on any atom is -0.352 e. The Bertz CT molecular complexity index is 1020. The van der Waals surface area contributed by atoms with Gasteiger partial charge in [0.1, 0.15) is 0 Å². The highest BCUT2D eigenvalue weighted by molar-refractivity contribution is 7.89. The molecule has 1 fully saturated rings. The third-order valence-electron chi connectivity index (χ3n) is 6.06. The van der Waals surface area contributed by atoms with E-state index in [-0.39, 0.29) is 17.7 Å². The molecule has 0 heterocycles. The SMILES string of the molecule is Cc1cc(C)c(S(=O)(=O)NCC2CCC(C(=O)NCc3ccccc3Cl)CC2)c(C)c1. The van der Waals surface area contributed by atoms with Gasteiger partial charge in [-0.05, 0) is 75.1 Å². The number of rotatable bonds is 7. The topological polar surface area (TPSA) is 75.3 Å². The Morgan fingerprint density at radius 1 is 1.03 bits per heavy atom. The van der Waals surface area contributed by atoms with Crippen molar-refractivity contribution in [1.29, 1.82) is 0 Å². The van der Waals surface area contributed by atoms with Crippen molar-refractivity contribution in [2.45, 2.75) is 57.9 Å².